The molecule has 1 amide bonds. The molecule has 0 spiro atoms. The minimum atomic E-state index is -0.516. The van der Waals surface area contributed by atoms with Crippen LogP contribution in [0.3, 0.4) is 0 Å². The van der Waals surface area contributed by atoms with E-state index in [9.17, 15) is 4.79 Å². The predicted octanol–water partition coefficient (Wildman–Crippen LogP) is 4.48. The molecule has 1 atom stereocenters. The van der Waals surface area contributed by atoms with Crippen molar-refractivity contribution in [1.82, 2.24) is 14.9 Å². The van der Waals surface area contributed by atoms with Crippen LogP contribution in [0.15, 0.2) is 28.9 Å². The second kappa shape index (κ2) is 6.81. The highest BCUT2D eigenvalue weighted by Gasteiger charge is 2.33. The van der Waals surface area contributed by atoms with Crippen LogP contribution in [0, 0.1) is 0 Å². The molecule has 1 aromatic carbocycles. The van der Waals surface area contributed by atoms with E-state index in [1.54, 1.807) is 24.3 Å². The quantitative estimate of drug-likeness (QED) is 0.629. The van der Waals surface area contributed by atoms with Gasteiger partial charge in [0, 0.05) is 30.5 Å². The first-order chi connectivity index (χ1) is 13.2. The fourth-order valence-corrected chi connectivity index (χ4v) is 3.67. The zero-order valence-electron chi connectivity index (χ0n) is 16.4. The molecule has 4 rings (SSSR count). The largest absolute Gasteiger partial charge is 0.450 e. The minimum absolute atomic E-state index is 0.0405. The van der Waals surface area contributed by atoms with E-state index in [-0.39, 0.29) is 12.1 Å². The van der Waals surface area contributed by atoms with E-state index in [0.29, 0.717) is 17.2 Å². The van der Waals surface area contributed by atoms with Crippen molar-refractivity contribution in [3.05, 3.63) is 29.5 Å². The van der Waals surface area contributed by atoms with Crippen molar-refractivity contribution in [1.29, 1.82) is 0 Å². The molecule has 1 fully saturated rings. The normalized spacial score (nSPS) is 17.5. The number of rotatable bonds is 2. The lowest BCUT2D eigenvalue weighted by Crippen LogP contribution is -2.42. The van der Waals surface area contributed by atoms with Crippen LogP contribution in [0.1, 0.15) is 27.2 Å². The Labute approximate surface area is 168 Å². The Bertz CT molecular complexity index is 1040. The number of benzene rings is 1. The van der Waals surface area contributed by atoms with E-state index in [0.717, 1.165) is 35.3 Å². The van der Waals surface area contributed by atoms with Gasteiger partial charge < -0.3 is 19.0 Å². The molecule has 1 aliphatic heterocycles. The second-order valence-electron chi connectivity index (χ2n) is 8.10. The Hall–Kier alpha value is -2.54. The van der Waals surface area contributed by atoms with Crippen molar-refractivity contribution in [2.24, 2.45) is 0 Å². The fourth-order valence-electron chi connectivity index (χ4n) is 3.50. The maximum atomic E-state index is 12.4. The number of ether oxygens (including phenoxy) is 1. The first-order valence-corrected chi connectivity index (χ1v) is 9.64. The summed E-state index contributed by atoms with van der Waals surface area (Å²) in [6, 6.07) is 5.52. The zero-order valence-corrected chi connectivity index (χ0v) is 17.2. The predicted molar refractivity (Wildman–Crippen MR) is 109 cm³/mol. The van der Waals surface area contributed by atoms with Crippen LogP contribution >= 0.6 is 11.6 Å². The van der Waals surface area contributed by atoms with E-state index in [2.05, 4.69) is 14.9 Å². The molecule has 0 bridgehead atoms. The van der Waals surface area contributed by atoms with E-state index in [4.69, 9.17) is 20.8 Å². The summed E-state index contributed by atoms with van der Waals surface area (Å²) in [5.74, 6) is 0.734. The number of aromatic nitrogens is 2. The van der Waals surface area contributed by atoms with Gasteiger partial charge in [-0.1, -0.05) is 11.6 Å². The number of carbonyl (C=O) groups excluding carboxylic acids is 1. The van der Waals surface area contributed by atoms with Gasteiger partial charge in [-0.25, -0.2) is 14.8 Å². The molecule has 0 radical (unpaired) electrons. The van der Waals surface area contributed by atoms with E-state index in [1.807, 2.05) is 32.9 Å². The SMILES string of the molecule is CN(C(=O)OC(C)(C)C)C1CCN(c2ncnc3c2oc2ccc(Cl)cc23)C1. The summed E-state index contributed by atoms with van der Waals surface area (Å²) in [7, 11) is 1.78. The number of amides is 1. The first-order valence-electron chi connectivity index (χ1n) is 9.26. The minimum Gasteiger partial charge on any atom is -0.450 e. The molecule has 28 heavy (non-hydrogen) atoms. The summed E-state index contributed by atoms with van der Waals surface area (Å²) in [6.45, 7) is 7.02. The van der Waals surface area contributed by atoms with Gasteiger partial charge in [0.05, 0.1) is 6.04 Å². The van der Waals surface area contributed by atoms with Crippen LogP contribution in [0.5, 0.6) is 0 Å². The third-order valence-corrected chi connectivity index (χ3v) is 5.12. The van der Waals surface area contributed by atoms with E-state index < -0.39 is 5.60 Å². The molecule has 1 unspecified atom stereocenters. The Morgan fingerprint density at radius 2 is 2.14 bits per heavy atom. The van der Waals surface area contributed by atoms with Crippen molar-refractivity contribution >= 4 is 45.6 Å². The third kappa shape index (κ3) is 3.46. The summed E-state index contributed by atoms with van der Waals surface area (Å²) < 4.78 is 11.5. The lowest BCUT2D eigenvalue weighted by molar-refractivity contribution is 0.0238. The van der Waals surface area contributed by atoms with Crippen LogP contribution in [-0.2, 0) is 4.74 Å². The summed E-state index contributed by atoms with van der Waals surface area (Å²) in [5, 5.41) is 1.50. The average molecular weight is 403 g/mol. The maximum Gasteiger partial charge on any atom is 0.410 e. The Balaban J connectivity index is 1.60. The molecule has 1 aliphatic rings. The summed E-state index contributed by atoms with van der Waals surface area (Å²) >= 11 is 6.13. The average Bonchev–Trinajstić information content (AvgIpc) is 3.24. The lowest BCUT2D eigenvalue weighted by atomic mass is 10.2. The van der Waals surface area contributed by atoms with E-state index >= 15 is 0 Å². The number of hydrogen-bond donors (Lipinski definition) is 0. The molecule has 0 aliphatic carbocycles. The van der Waals surface area contributed by atoms with Crippen molar-refractivity contribution in [3.63, 3.8) is 0 Å². The fraction of sp³-hybridized carbons (Fsp3) is 0.450. The molecule has 148 valence electrons. The Morgan fingerprint density at radius 1 is 1.36 bits per heavy atom. The third-order valence-electron chi connectivity index (χ3n) is 4.89. The number of hydrogen-bond acceptors (Lipinski definition) is 6. The Kier molecular flexibility index (Phi) is 4.57. The van der Waals surface area contributed by atoms with Gasteiger partial charge in [0.15, 0.2) is 11.4 Å². The first kappa shape index (κ1) is 18.8. The summed E-state index contributed by atoms with van der Waals surface area (Å²) in [4.78, 5) is 25.0. The van der Waals surface area contributed by atoms with Gasteiger partial charge in [-0.15, -0.1) is 0 Å². The maximum absolute atomic E-state index is 12.4. The molecular weight excluding hydrogens is 380 g/mol. The van der Waals surface area contributed by atoms with Crippen molar-refractivity contribution in [3.8, 4) is 0 Å². The number of nitrogens with zero attached hydrogens (tertiary/aromatic N) is 4. The number of fused-ring (bicyclic) bond motifs is 3. The van der Waals surface area contributed by atoms with Crippen LogP contribution in [0.25, 0.3) is 22.1 Å². The topological polar surface area (TPSA) is 71.7 Å². The van der Waals surface area contributed by atoms with Crippen LogP contribution in [-0.4, -0.2) is 52.7 Å². The molecule has 8 heteroatoms. The molecule has 1 saturated heterocycles. The van der Waals surface area contributed by atoms with Gasteiger partial charge in [0.1, 0.15) is 23.0 Å². The monoisotopic (exact) mass is 402 g/mol. The number of carbonyl (C=O) groups is 1. The van der Waals surface area contributed by atoms with Gasteiger partial charge in [0.25, 0.3) is 0 Å². The lowest BCUT2D eigenvalue weighted by Gasteiger charge is -2.28. The number of anilines is 1. The smallest absolute Gasteiger partial charge is 0.410 e. The van der Waals surface area contributed by atoms with Crippen LogP contribution in [0.4, 0.5) is 10.6 Å². The van der Waals surface area contributed by atoms with Crippen LogP contribution in [0.2, 0.25) is 5.02 Å². The number of likely N-dealkylation sites (N-methyl/N-ethyl adjacent to an activating group) is 1. The van der Waals surface area contributed by atoms with Crippen molar-refractivity contribution in [2.45, 2.75) is 38.8 Å². The Morgan fingerprint density at radius 3 is 2.89 bits per heavy atom. The van der Waals surface area contributed by atoms with Gasteiger partial charge in [-0.05, 0) is 45.4 Å². The van der Waals surface area contributed by atoms with Gasteiger partial charge >= 0.3 is 6.09 Å². The van der Waals surface area contributed by atoms with Crippen molar-refractivity contribution < 1.29 is 13.9 Å². The standard InChI is InChI=1S/C20H23ClN4O3/c1-20(2,3)28-19(26)24(4)13-7-8-25(10-13)18-17-16(22-11-23-18)14-9-12(21)5-6-15(14)27-17/h5-6,9,11,13H,7-8,10H2,1-4H3. The highest BCUT2D eigenvalue weighted by atomic mass is 35.5. The summed E-state index contributed by atoms with van der Waals surface area (Å²) in [5.41, 5.74) is 1.59. The number of furan rings is 1. The summed E-state index contributed by atoms with van der Waals surface area (Å²) in [6.07, 6.45) is 2.05. The molecule has 3 aromatic rings. The highest BCUT2D eigenvalue weighted by Crippen LogP contribution is 2.35. The molecule has 0 saturated carbocycles. The van der Waals surface area contributed by atoms with Crippen LogP contribution < -0.4 is 4.90 Å². The molecular formula is C20H23ClN4O3. The highest BCUT2D eigenvalue weighted by molar-refractivity contribution is 6.31. The second-order valence-corrected chi connectivity index (χ2v) is 8.53. The molecule has 3 heterocycles. The molecule has 2 aromatic heterocycles. The molecule has 0 N–H and O–H groups in total. The van der Waals surface area contributed by atoms with Crippen molar-refractivity contribution in [2.75, 3.05) is 25.0 Å². The van der Waals surface area contributed by atoms with Gasteiger partial charge in [0.2, 0.25) is 0 Å². The van der Waals surface area contributed by atoms with E-state index in [1.165, 1.54) is 0 Å². The van der Waals surface area contributed by atoms with Gasteiger partial charge in [-0.2, -0.15) is 0 Å². The molecule has 7 nitrogen and oxygen atoms in total. The van der Waals surface area contributed by atoms with Gasteiger partial charge in [-0.3, -0.25) is 0 Å². The zero-order chi connectivity index (χ0) is 20.1. The number of halogens is 1.